The van der Waals surface area contributed by atoms with Crippen LogP contribution in [0.1, 0.15) is 27.6 Å². The number of esters is 1. The van der Waals surface area contributed by atoms with Gasteiger partial charge in [0.1, 0.15) is 12.2 Å². The number of aromatic carboxylic acids is 2. The van der Waals surface area contributed by atoms with Crippen molar-refractivity contribution in [1.82, 2.24) is 0 Å². The van der Waals surface area contributed by atoms with Crippen LogP contribution >= 0.6 is 0 Å². The Bertz CT molecular complexity index is 626. The Morgan fingerprint density at radius 3 is 2.39 bits per heavy atom. The van der Waals surface area contributed by atoms with Gasteiger partial charge in [0.05, 0.1) is 11.1 Å². The molecule has 8 heteroatoms. The maximum Gasteiger partial charge on any atom is 0.336 e. The molecule has 0 aromatic heterocycles. The fraction of sp³-hybridized carbons (Fsp3) is 0.267. The molecule has 2 atom stereocenters. The third kappa shape index (κ3) is 5.11. The van der Waals surface area contributed by atoms with E-state index >= 15 is 0 Å². The van der Waals surface area contributed by atoms with Gasteiger partial charge in [-0.05, 0) is 25.1 Å². The van der Waals surface area contributed by atoms with E-state index in [0.29, 0.717) is 5.69 Å². The number of aliphatic hydroxyl groups excluding tert-OH is 1. The number of hydrogen-bond acceptors (Lipinski definition) is 6. The molecule has 0 amide bonds. The number of ether oxygens (including phenoxy) is 1. The fourth-order valence-electron chi connectivity index (χ4n) is 1.72. The van der Waals surface area contributed by atoms with E-state index in [1.165, 1.54) is 13.0 Å². The second-order valence-electron chi connectivity index (χ2n) is 4.67. The van der Waals surface area contributed by atoms with Gasteiger partial charge in [0.2, 0.25) is 0 Å². The summed E-state index contributed by atoms with van der Waals surface area (Å²) in [5.74, 6) is -3.39. The number of rotatable bonds is 8. The van der Waals surface area contributed by atoms with Gasteiger partial charge in [-0.1, -0.05) is 6.58 Å². The molecule has 0 aliphatic carbocycles. The van der Waals surface area contributed by atoms with Crippen molar-refractivity contribution in [1.29, 1.82) is 0 Å². The third-order valence-electron chi connectivity index (χ3n) is 3.01. The summed E-state index contributed by atoms with van der Waals surface area (Å²) in [6, 6.07) is 3.68. The van der Waals surface area contributed by atoms with Gasteiger partial charge >= 0.3 is 17.9 Å². The smallest absolute Gasteiger partial charge is 0.336 e. The van der Waals surface area contributed by atoms with E-state index in [9.17, 15) is 19.5 Å². The molecule has 0 heterocycles. The molecule has 0 aliphatic rings. The molecule has 124 valence electrons. The summed E-state index contributed by atoms with van der Waals surface area (Å²) in [4.78, 5) is 33.0. The second kappa shape index (κ2) is 7.95. The van der Waals surface area contributed by atoms with Gasteiger partial charge in [0.25, 0.3) is 0 Å². The maximum atomic E-state index is 11.1. The first kappa shape index (κ1) is 18.2. The number of hydrogen-bond donors (Lipinski definition) is 4. The number of nitrogens with one attached hydrogen (secondary N) is 1. The largest absolute Gasteiger partial charge is 0.478 e. The monoisotopic (exact) mass is 323 g/mol. The zero-order valence-corrected chi connectivity index (χ0v) is 12.4. The molecule has 0 saturated heterocycles. The predicted molar refractivity (Wildman–Crippen MR) is 80.6 cm³/mol. The molecule has 0 aliphatic heterocycles. The molecule has 0 radical (unpaired) electrons. The highest BCUT2D eigenvalue weighted by atomic mass is 16.6. The highest BCUT2D eigenvalue weighted by molar-refractivity contribution is 6.02. The van der Waals surface area contributed by atoms with Crippen LogP contribution in [-0.2, 0) is 9.53 Å². The van der Waals surface area contributed by atoms with Gasteiger partial charge in [0.15, 0.2) is 0 Å². The van der Waals surface area contributed by atoms with Crippen molar-refractivity contribution in [2.75, 3.05) is 11.9 Å². The first-order valence-electron chi connectivity index (χ1n) is 6.62. The van der Waals surface area contributed by atoms with Crippen molar-refractivity contribution in [3.63, 3.8) is 0 Å². The minimum atomic E-state index is -1.38. The van der Waals surface area contributed by atoms with Gasteiger partial charge in [-0.2, -0.15) is 0 Å². The molecule has 0 spiro atoms. The van der Waals surface area contributed by atoms with Crippen molar-refractivity contribution >= 4 is 23.6 Å². The summed E-state index contributed by atoms with van der Waals surface area (Å²) in [5.41, 5.74) is -0.395. The summed E-state index contributed by atoms with van der Waals surface area (Å²) in [7, 11) is 0. The van der Waals surface area contributed by atoms with E-state index in [1.807, 2.05) is 0 Å². The van der Waals surface area contributed by atoms with Gasteiger partial charge in [-0.15, -0.1) is 0 Å². The number of anilines is 1. The summed E-state index contributed by atoms with van der Waals surface area (Å²) in [6.07, 6.45) is -0.878. The lowest BCUT2D eigenvalue weighted by Crippen LogP contribution is -2.34. The molecular formula is C15H17NO7. The van der Waals surface area contributed by atoms with Crippen LogP contribution in [0.3, 0.4) is 0 Å². The molecule has 1 aromatic rings. The van der Waals surface area contributed by atoms with E-state index in [2.05, 4.69) is 11.9 Å². The Labute approximate surface area is 132 Å². The number of benzene rings is 1. The average Bonchev–Trinajstić information content (AvgIpc) is 2.51. The Hall–Kier alpha value is -2.87. The maximum absolute atomic E-state index is 11.1. The molecule has 1 rings (SSSR count). The van der Waals surface area contributed by atoms with Crippen LogP contribution in [-0.4, -0.2) is 52.0 Å². The topological polar surface area (TPSA) is 133 Å². The van der Waals surface area contributed by atoms with E-state index in [0.717, 1.165) is 18.2 Å². The second-order valence-corrected chi connectivity index (χ2v) is 4.67. The first-order chi connectivity index (χ1) is 10.8. The molecule has 1 aromatic carbocycles. The highest BCUT2D eigenvalue weighted by Crippen LogP contribution is 2.17. The van der Waals surface area contributed by atoms with Crippen molar-refractivity contribution < 1.29 is 34.4 Å². The third-order valence-corrected chi connectivity index (χ3v) is 3.01. The van der Waals surface area contributed by atoms with Crippen LogP contribution < -0.4 is 5.32 Å². The molecule has 0 fully saturated rings. The lowest BCUT2D eigenvalue weighted by atomic mass is 10.1. The van der Waals surface area contributed by atoms with Crippen LogP contribution in [0.5, 0.6) is 0 Å². The number of carboxylic acids is 2. The number of carbonyl (C=O) groups excluding carboxylic acids is 1. The Kier molecular flexibility index (Phi) is 6.28. The van der Waals surface area contributed by atoms with Crippen LogP contribution in [0, 0.1) is 0 Å². The molecular weight excluding hydrogens is 306 g/mol. The molecule has 8 nitrogen and oxygen atoms in total. The van der Waals surface area contributed by atoms with Crippen molar-refractivity contribution in [3.05, 3.63) is 42.0 Å². The minimum Gasteiger partial charge on any atom is -0.478 e. The summed E-state index contributed by atoms with van der Waals surface area (Å²) in [5, 5.41) is 30.6. The Balaban J connectivity index is 2.76. The van der Waals surface area contributed by atoms with Crippen molar-refractivity contribution in [2.45, 2.75) is 19.1 Å². The van der Waals surface area contributed by atoms with Crippen molar-refractivity contribution in [2.24, 2.45) is 0 Å². The summed E-state index contributed by atoms with van der Waals surface area (Å²) < 4.78 is 4.84. The van der Waals surface area contributed by atoms with Gasteiger partial charge in [0, 0.05) is 18.3 Å². The summed E-state index contributed by atoms with van der Waals surface area (Å²) in [6.45, 7) is 4.70. The lowest BCUT2D eigenvalue weighted by Gasteiger charge is -2.19. The van der Waals surface area contributed by atoms with Crippen LogP contribution in [0.2, 0.25) is 0 Å². The van der Waals surface area contributed by atoms with Crippen molar-refractivity contribution in [3.8, 4) is 0 Å². The van der Waals surface area contributed by atoms with Gasteiger partial charge in [-0.3, -0.25) is 0 Å². The van der Waals surface area contributed by atoms with Crippen LogP contribution in [0.15, 0.2) is 30.9 Å². The van der Waals surface area contributed by atoms with E-state index < -0.39 is 30.1 Å². The zero-order valence-electron chi connectivity index (χ0n) is 12.4. The molecule has 0 bridgehead atoms. The van der Waals surface area contributed by atoms with Crippen LogP contribution in [0.4, 0.5) is 5.69 Å². The molecule has 0 saturated carbocycles. The minimum absolute atomic E-state index is 0.0307. The average molecular weight is 323 g/mol. The van der Waals surface area contributed by atoms with Crippen LogP contribution in [0.25, 0.3) is 0 Å². The lowest BCUT2D eigenvalue weighted by molar-refractivity contribution is -0.147. The van der Waals surface area contributed by atoms with Gasteiger partial charge < -0.3 is 25.4 Å². The Morgan fingerprint density at radius 1 is 1.26 bits per heavy atom. The first-order valence-corrected chi connectivity index (χ1v) is 6.62. The Morgan fingerprint density at radius 2 is 1.87 bits per heavy atom. The molecule has 23 heavy (non-hydrogen) atoms. The quantitative estimate of drug-likeness (QED) is 0.411. The normalized spacial score (nSPS) is 12.8. The summed E-state index contributed by atoms with van der Waals surface area (Å²) >= 11 is 0. The molecule has 2 unspecified atom stereocenters. The fourth-order valence-corrected chi connectivity index (χ4v) is 1.72. The van der Waals surface area contributed by atoms with E-state index in [-0.39, 0.29) is 17.7 Å². The van der Waals surface area contributed by atoms with Gasteiger partial charge in [-0.25, -0.2) is 14.4 Å². The number of aliphatic hydroxyl groups is 1. The zero-order chi connectivity index (χ0) is 17.6. The molecule has 4 N–H and O–H groups in total. The van der Waals surface area contributed by atoms with E-state index in [1.54, 1.807) is 0 Å². The number of carbonyl (C=O) groups is 3. The standard InChI is InChI=1S/C15H17NO7/c1-3-13(18)23-8(2)12(17)7-16-9-4-5-10(14(19)20)11(6-9)15(21)22/h3-6,8,12,16-17H,1,7H2,2H3,(H,19,20)(H,21,22). The highest BCUT2D eigenvalue weighted by Gasteiger charge is 2.19. The SMILES string of the molecule is C=CC(=O)OC(C)C(O)CNc1ccc(C(=O)O)c(C(=O)O)c1. The van der Waals surface area contributed by atoms with E-state index in [4.69, 9.17) is 14.9 Å². The predicted octanol–water partition coefficient (Wildman–Crippen LogP) is 0.973. The number of carboxylic acid groups (broad SMARTS) is 2.